The van der Waals surface area contributed by atoms with Crippen LogP contribution in [0.3, 0.4) is 0 Å². The second-order valence-corrected chi connectivity index (χ2v) is 6.12. The lowest BCUT2D eigenvalue weighted by molar-refractivity contribution is -0.0512. The van der Waals surface area contributed by atoms with Crippen molar-refractivity contribution in [2.24, 2.45) is 4.99 Å². The van der Waals surface area contributed by atoms with Gasteiger partial charge >= 0.3 is 6.61 Å². The number of alkyl halides is 2. The molecule has 2 rings (SSSR count). The molecule has 1 aliphatic rings. The van der Waals surface area contributed by atoms with E-state index in [2.05, 4.69) is 25.3 Å². The molecule has 27 heavy (non-hydrogen) atoms. The fourth-order valence-corrected chi connectivity index (χ4v) is 2.94. The molecular weight excluding hydrogens is 469 g/mol. The Hall–Kier alpha value is -1.36. The Bertz CT molecular complexity index is 584. The van der Waals surface area contributed by atoms with E-state index in [-0.39, 0.29) is 35.5 Å². The van der Waals surface area contributed by atoms with Gasteiger partial charge in [-0.25, -0.2) is 0 Å². The molecule has 0 aliphatic carbocycles. The summed E-state index contributed by atoms with van der Waals surface area (Å²) >= 11 is 0. The first-order chi connectivity index (χ1) is 12.6. The number of likely N-dealkylation sites (tertiary alicyclic amines) is 1. The number of hydrogen-bond acceptors (Lipinski definition) is 4. The Morgan fingerprint density at radius 1 is 1.19 bits per heavy atom. The fraction of sp³-hybridized carbons (Fsp3) is 0.611. The van der Waals surface area contributed by atoms with Crippen LogP contribution >= 0.6 is 24.0 Å². The summed E-state index contributed by atoms with van der Waals surface area (Å²) in [4.78, 5) is 6.64. The first-order valence-corrected chi connectivity index (χ1v) is 8.91. The SMILES string of the molecule is CN=C(NCCN1CCCCC1)NCc1ccc(OC)c(OC(F)F)c1.I. The van der Waals surface area contributed by atoms with Gasteiger partial charge in [-0.2, -0.15) is 8.78 Å². The zero-order valence-electron chi connectivity index (χ0n) is 15.8. The molecule has 0 bridgehead atoms. The summed E-state index contributed by atoms with van der Waals surface area (Å²) in [5.41, 5.74) is 0.792. The highest BCUT2D eigenvalue weighted by atomic mass is 127. The van der Waals surface area contributed by atoms with Gasteiger partial charge < -0.3 is 25.0 Å². The Balaban J connectivity index is 0.00000364. The molecule has 2 N–H and O–H groups in total. The normalized spacial score (nSPS) is 15.2. The Labute approximate surface area is 176 Å². The van der Waals surface area contributed by atoms with Gasteiger partial charge in [0, 0.05) is 26.7 Å². The van der Waals surface area contributed by atoms with Crippen molar-refractivity contribution in [3.63, 3.8) is 0 Å². The lowest BCUT2D eigenvalue weighted by Gasteiger charge is -2.26. The third-order valence-corrected chi connectivity index (χ3v) is 4.30. The average Bonchev–Trinajstić information content (AvgIpc) is 2.65. The molecular formula is C18H29F2IN4O2. The fourth-order valence-electron chi connectivity index (χ4n) is 2.94. The van der Waals surface area contributed by atoms with Gasteiger partial charge in [-0.3, -0.25) is 4.99 Å². The molecule has 1 aromatic carbocycles. The van der Waals surface area contributed by atoms with Crippen molar-refractivity contribution >= 4 is 29.9 Å². The largest absolute Gasteiger partial charge is 0.493 e. The molecule has 1 fully saturated rings. The number of aliphatic imine (C=N–C) groups is 1. The molecule has 0 unspecified atom stereocenters. The van der Waals surface area contributed by atoms with Crippen LogP contribution in [0.25, 0.3) is 0 Å². The zero-order chi connectivity index (χ0) is 18.8. The smallest absolute Gasteiger partial charge is 0.387 e. The van der Waals surface area contributed by atoms with Crippen molar-refractivity contribution in [3.05, 3.63) is 23.8 Å². The van der Waals surface area contributed by atoms with Crippen LogP contribution in [0.1, 0.15) is 24.8 Å². The van der Waals surface area contributed by atoms with Crippen LogP contribution in [-0.2, 0) is 6.54 Å². The monoisotopic (exact) mass is 498 g/mol. The van der Waals surface area contributed by atoms with E-state index in [1.807, 2.05) is 0 Å². The number of guanidine groups is 1. The minimum Gasteiger partial charge on any atom is -0.493 e. The van der Waals surface area contributed by atoms with Crippen molar-refractivity contribution < 1.29 is 18.3 Å². The van der Waals surface area contributed by atoms with Crippen molar-refractivity contribution in [1.82, 2.24) is 15.5 Å². The highest BCUT2D eigenvalue weighted by Crippen LogP contribution is 2.29. The van der Waals surface area contributed by atoms with E-state index in [0.29, 0.717) is 12.5 Å². The molecule has 0 atom stereocenters. The first-order valence-electron chi connectivity index (χ1n) is 8.91. The van der Waals surface area contributed by atoms with Gasteiger partial charge in [-0.05, 0) is 43.6 Å². The van der Waals surface area contributed by atoms with Crippen molar-refractivity contribution in [2.75, 3.05) is 40.3 Å². The third-order valence-electron chi connectivity index (χ3n) is 4.30. The molecule has 0 aromatic heterocycles. The summed E-state index contributed by atoms with van der Waals surface area (Å²) in [6.45, 7) is 1.65. The van der Waals surface area contributed by atoms with Crippen LogP contribution in [0.2, 0.25) is 0 Å². The third kappa shape index (κ3) is 8.46. The molecule has 1 heterocycles. The first kappa shape index (κ1) is 23.7. The average molecular weight is 498 g/mol. The summed E-state index contributed by atoms with van der Waals surface area (Å²) in [5, 5.41) is 6.46. The molecule has 1 aromatic rings. The Kier molecular flexibility index (Phi) is 11.3. The molecule has 0 saturated carbocycles. The zero-order valence-corrected chi connectivity index (χ0v) is 18.2. The van der Waals surface area contributed by atoms with Crippen LogP contribution < -0.4 is 20.1 Å². The van der Waals surface area contributed by atoms with Gasteiger partial charge in [-0.15, -0.1) is 24.0 Å². The van der Waals surface area contributed by atoms with E-state index >= 15 is 0 Å². The lowest BCUT2D eigenvalue weighted by Crippen LogP contribution is -2.42. The molecule has 0 radical (unpaired) electrons. The predicted octanol–water partition coefficient (Wildman–Crippen LogP) is 3.07. The number of ether oxygens (including phenoxy) is 2. The number of halogens is 3. The van der Waals surface area contributed by atoms with E-state index < -0.39 is 6.61 Å². The number of nitrogens with one attached hydrogen (secondary N) is 2. The Morgan fingerprint density at radius 3 is 2.56 bits per heavy atom. The summed E-state index contributed by atoms with van der Waals surface area (Å²) in [5.74, 6) is 0.974. The minimum atomic E-state index is -2.89. The van der Waals surface area contributed by atoms with Crippen molar-refractivity contribution in [2.45, 2.75) is 32.4 Å². The second kappa shape index (κ2) is 12.9. The summed E-state index contributed by atoms with van der Waals surface area (Å²) < 4.78 is 34.6. The highest BCUT2D eigenvalue weighted by Gasteiger charge is 2.12. The maximum absolute atomic E-state index is 12.5. The number of nitrogens with zero attached hydrogens (tertiary/aromatic N) is 2. The minimum absolute atomic E-state index is 0. The van der Waals surface area contributed by atoms with Gasteiger partial charge in [0.2, 0.25) is 0 Å². The topological polar surface area (TPSA) is 58.1 Å². The van der Waals surface area contributed by atoms with E-state index in [1.165, 1.54) is 26.4 Å². The molecule has 9 heteroatoms. The number of rotatable bonds is 8. The molecule has 154 valence electrons. The highest BCUT2D eigenvalue weighted by molar-refractivity contribution is 14.0. The molecule has 0 spiro atoms. The predicted molar refractivity (Wildman–Crippen MR) is 114 cm³/mol. The maximum Gasteiger partial charge on any atom is 0.387 e. The number of hydrogen-bond donors (Lipinski definition) is 2. The van der Waals surface area contributed by atoms with Gasteiger partial charge in [0.15, 0.2) is 17.5 Å². The van der Waals surface area contributed by atoms with E-state index in [1.54, 1.807) is 25.2 Å². The summed E-state index contributed by atoms with van der Waals surface area (Å²) in [7, 11) is 3.12. The van der Waals surface area contributed by atoms with Crippen LogP contribution in [0.4, 0.5) is 8.78 Å². The van der Waals surface area contributed by atoms with E-state index in [0.717, 1.165) is 31.7 Å². The number of benzene rings is 1. The Morgan fingerprint density at radius 2 is 1.93 bits per heavy atom. The van der Waals surface area contributed by atoms with Gasteiger partial charge in [0.05, 0.1) is 7.11 Å². The second-order valence-electron chi connectivity index (χ2n) is 6.12. The maximum atomic E-state index is 12.5. The quantitative estimate of drug-likeness (QED) is 0.328. The van der Waals surface area contributed by atoms with Crippen LogP contribution in [0.5, 0.6) is 11.5 Å². The van der Waals surface area contributed by atoms with Gasteiger partial charge in [0.1, 0.15) is 0 Å². The summed E-state index contributed by atoms with van der Waals surface area (Å²) in [6.07, 6.45) is 3.87. The standard InChI is InChI=1S/C18H28F2N4O2.HI/c1-21-18(22-8-11-24-9-4-3-5-10-24)23-13-14-6-7-15(25-2)16(12-14)26-17(19)20;/h6-7,12,17H,3-5,8-11,13H2,1-2H3,(H2,21,22,23);1H. The number of piperidine rings is 1. The van der Waals surface area contributed by atoms with Gasteiger partial charge in [-0.1, -0.05) is 12.5 Å². The van der Waals surface area contributed by atoms with Crippen molar-refractivity contribution in [1.29, 1.82) is 0 Å². The van der Waals surface area contributed by atoms with Crippen LogP contribution in [-0.4, -0.2) is 57.8 Å². The molecule has 1 aliphatic heterocycles. The molecule has 6 nitrogen and oxygen atoms in total. The molecule has 0 amide bonds. The molecule has 1 saturated heterocycles. The van der Waals surface area contributed by atoms with Crippen LogP contribution in [0, 0.1) is 0 Å². The van der Waals surface area contributed by atoms with Crippen molar-refractivity contribution in [3.8, 4) is 11.5 Å². The lowest BCUT2D eigenvalue weighted by atomic mass is 10.1. The number of methoxy groups -OCH3 is 1. The van der Waals surface area contributed by atoms with Gasteiger partial charge in [0.25, 0.3) is 0 Å². The van der Waals surface area contributed by atoms with E-state index in [4.69, 9.17) is 4.74 Å². The summed E-state index contributed by atoms with van der Waals surface area (Å²) in [6, 6.07) is 4.95. The van der Waals surface area contributed by atoms with E-state index in [9.17, 15) is 8.78 Å². The van der Waals surface area contributed by atoms with Crippen LogP contribution in [0.15, 0.2) is 23.2 Å².